The second kappa shape index (κ2) is 7.92. The zero-order chi connectivity index (χ0) is 16.8. The number of hydrogen-bond acceptors (Lipinski definition) is 4. The van der Waals surface area contributed by atoms with Crippen LogP contribution in [0.4, 0.5) is 0 Å². The number of aryl methyl sites for hydroxylation is 1. The highest BCUT2D eigenvalue weighted by molar-refractivity contribution is 7.12. The van der Waals surface area contributed by atoms with Crippen LogP contribution in [-0.2, 0) is 9.53 Å². The van der Waals surface area contributed by atoms with Crippen molar-refractivity contribution in [3.05, 3.63) is 46.2 Å². The molecule has 2 rings (SSSR count). The van der Waals surface area contributed by atoms with Crippen LogP contribution < -0.4 is 5.32 Å². The average Bonchev–Trinajstić information content (AvgIpc) is 3.02. The number of ether oxygens (including phenoxy) is 1. The van der Waals surface area contributed by atoms with Crippen LogP contribution in [-0.4, -0.2) is 24.5 Å². The molecule has 0 fully saturated rings. The molecule has 0 radical (unpaired) electrons. The van der Waals surface area contributed by atoms with E-state index in [1.807, 2.05) is 56.5 Å². The molecule has 2 aromatic rings. The summed E-state index contributed by atoms with van der Waals surface area (Å²) in [5.41, 5.74) is 2.96. The summed E-state index contributed by atoms with van der Waals surface area (Å²) < 4.78 is 5.14. The van der Waals surface area contributed by atoms with Crippen molar-refractivity contribution >= 4 is 23.2 Å². The summed E-state index contributed by atoms with van der Waals surface area (Å²) in [6, 6.07) is 9.92. The maximum absolute atomic E-state index is 12.2. The van der Waals surface area contributed by atoms with Gasteiger partial charge in [0.1, 0.15) is 4.88 Å². The molecule has 0 aliphatic rings. The van der Waals surface area contributed by atoms with Gasteiger partial charge < -0.3 is 10.1 Å². The number of carbonyl (C=O) groups is 2. The Morgan fingerprint density at radius 2 is 1.91 bits per heavy atom. The first-order valence-corrected chi connectivity index (χ1v) is 8.50. The first-order valence-electron chi connectivity index (χ1n) is 7.62. The van der Waals surface area contributed by atoms with Crippen LogP contribution in [0.5, 0.6) is 0 Å². The Morgan fingerprint density at radius 3 is 2.57 bits per heavy atom. The monoisotopic (exact) mass is 331 g/mol. The molecule has 0 aliphatic carbocycles. The maximum Gasteiger partial charge on any atom is 0.349 e. The number of rotatable bonds is 6. The highest BCUT2D eigenvalue weighted by Gasteiger charge is 2.17. The summed E-state index contributed by atoms with van der Waals surface area (Å²) in [7, 11) is 0. The molecule has 122 valence electrons. The SMILES string of the molecule is CC[C@@H](C)NC(=O)COC(=O)c1sccc1-c1ccc(C)cc1. The fourth-order valence-corrected chi connectivity index (χ4v) is 2.85. The number of benzene rings is 1. The standard InChI is InChI=1S/C18H21NO3S/c1-4-13(3)19-16(20)11-22-18(21)17-15(9-10-23-17)14-7-5-12(2)6-8-14/h5-10,13H,4,11H2,1-3H3,(H,19,20)/t13-/m1/s1. The van der Waals surface area contributed by atoms with Crippen LogP contribution in [0.15, 0.2) is 35.7 Å². The van der Waals surface area contributed by atoms with Crippen molar-refractivity contribution in [3.63, 3.8) is 0 Å². The Labute approximate surface area is 140 Å². The number of hydrogen-bond donors (Lipinski definition) is 1. The topological polar surface area (TPSA) is 55.4 Å². The lowest BCUT2D eigenvalue weighted by molar-refractivity contribution is -0.124. The molecule has 0 saturated carbocycles. The van der Waals surface area contributed by atoms with Gasteiger partial charge in [-0.3, -0.25) is 4.79 Å². The largest absolute Gasteiger partial charge is 0.451 e. The zero-order valence-electron chi connectivity index (χ0n) is 13.6. The summed E-state index contributed by atoms with van der Waals surface area (Å²) in [6.07, 6.45) is 0.835. The van der Waals surface area contributed by atoms with Gasteiger partial charge in [0, 0.05) is 11.6 Å². The van der Waals surface area contributed by atoms with Crippen molar-refractivity contribution in [2.45, 2.75) is 33.2 Å². The molecular formula is C18H21NO3S. The first kappa shape index (κ1) is 17.2. The first-order chi connectivity index (χ1) is 11.0. The summed E-state index contributed by atoms with van der Waals surface area (Å²) in [5.74, 6) is -0.740. The van der Waals surface area contributed by atoms with E-state index in [2.05, 4.69) is 5.32 Å². The lowest BCUT2D eigenvalue weighted by Gasteiger charge is -2.11. The summed E-state index contributed by atoms with van der Waals surface area (Å²) in [6.45, 7) is 5.65. The molecule has 1 heterocycles. The van der Waals surface area contributed by atoms with Crippen LogP contribution >= 0.6 is 11.3 Å². The zero-order valence-corrected chi connectivity index (χ0v) is 14.4. The van der Waals surface area contributed by atoms with Crippen LogP contribution in [0.3, 0.4) is 0 Å². The fourth-order valence-electron chi connectivity index (χ4n) is 2.04. The predicted molar refractivity (Wildman–Crippen MR) is 92.7 cm³/mol. The van der Waals surface area contributed by atoms with Gasteiger partial charge in [-0.1, -0.05) is 36.8 Å². The van der Waals surface area contributed by atoms with Crippen molar-refractivity contribution in [1.29, 1.82) is 0 Å². The number of esters is 1. The fraction of sp³-hybridized carbons (Fsp3) is 0.333. The molecular weight excluding hydrogens is 310 g/mol. The van der Waals surface area contributed by atoms with Gasteiger partial charge in [0.25, 0.3) is 5.91 Å². The predicted octanol–water partition coefficient (Wildman–Crippen LogP) is 3.80. The van der Waals surface area contributed by atoms with Crippen LogP contribution in [0.25, 0.3) is 11.1 Å². The molecule has 1 aromatic heterocycles. The molecule has 5 heteroatoms. The third-order valence-corrected chi connectivity index (χ3v) is 4.46. The minimum absolute atomic E-state index is 0.0751. The van der Waals surface area contributed by atoms with Gasteiger partial charge in [-0.15, -0.1) is 11.3 Å². The van der Waals surface area contributed by atoms with Crippen molar-refractivity contribution < 1.29 is 14.3 Å². The Morgan fingerprint density at radius 1 is 1.22 bits per heavy atom. The molecule has 1 N–H and O–H groups in total. The minimum Gasteiger partial charge on any atom is -0.451 e. The Hall–Kier alpha value is -2.14. The third kappa shape index (κ3) is 4.66. The molecule has 0 bridgehead atoms. The second-order valence-electron chi connectivity index (χ2n) is 5.48. The Kier molecular flexibility index (Phi) is 5.93. The highest BCUT2D eigenvalue weighted by atomic mass is 32.1. The van der Waals surface area contributed by atoms with E-state index >= 15 is 0 Å². The summed E-state index contributed by atoms with van der Waals surface area (Å²) in [5, 5.41) is 4.62. The van der Waals surface area contributed by atoms with Crippen molar-refractivity contribution in [2.24, 2.45) is 0 Å². The third-order valence-electron chi connectivity index (χ3n) is 3.57. The van der Waals surface area contributed by atoms with Gasteiger partial charge >= 0.3 is 5.97 Å². The highest BCUT2D eigenvalue weighted by Crippen LogP contribution is 2.29. The van der Waals surface area contributed by atoms with Crippen LogP contribution in [0.1, 0.15) is 35.5 Å². The smallest absolute Gasteiger partial charge is 0.349 e. The van der Waals surface area contributed by atoms with E-state index in [1.165, 1.54) is 11.3 Å². The van der Waals surface area contributed by atoms with E-state index in [-0.39, 0.29) is 18.6 Å². The minimum atomic E-state index is -0.463. The number of thiophene rings is 1. The van der Waals surface area contributed by atoms with Crippen molar-refractivity contribution in [3.8, 4) is 11.1 Å². The maximum atomic E-state index is 12.2. The summed E-state index contributed by atoms with van der Waals surface area (Å²) >= 11 is 1.32. The van der Waals surface area contributed by atoms with Gasteiger partial charge in [-0.25, -0.2) is 4.79 Å². The van der Waals surface area contributed by atoms with Gasteiger partial charge in [-0.2, -0.15) is 0 Å². The van der Waals surface area contributed by atoms with E-state index in [1.54, 1.807) is 0 Å². The average molecular weight is 331 g/mol. The van der Waals surface area contributed by atoms with E-state index in [9.17, 15) is 9.59 Å². The lowest BCUT2D eigenvalue weighted by atomic mass is 10.1. The molecule has 0 aliphatic heterocycles. The lowest BCUT2D eigenvalue weighted by Crippen LogP contribution is -2.35. The number of nitrogens with one attached hydrogen (secondary N) is 1. The van der Waals surface area contributed by atoms with E-state index in [4.69, 9.17) is 4.74 Å². The molecule has 0 saturated heterocycles. The van der Waals surface area contributed by atoms with Gasteiger partial charge in [-0.05, 0) is 37.3 Å². The van der Waals surface area contributed by atoms with Crippen LogP contribution in [0.2, 0.25) is 0 Å². The molecule has 1 amide bonds. The van der Waals surface area contributed by atoms with Gasteiger partial charge in [0.15, 0.2) is 6.61 Å². The summed E-state index contributed by atoms with van der Waals surface area (Å²) in [4.78, 5) is 24.4. The van der Waals surface area contributed by atoms with Crippen molar-refractivity contribution in [1.82, 2.24) is 5.32 Å². The van der Waals surface area contributed by atoms with E-state index in [0.29, 0.717) is 4.88 Å². The van der Waals surface area contributed by atoms with Crippen LogP contribution in [0, 0.1) is 6.92 Å². The van der Waals surface area contributed by atoms with E-state index in [0.717, 1.165) is 23.1 Å². The van der Waals surface area contributed by atoms with Crippen molar-refractivity contribution in [2.75, 3.05) is 6.61 Å². The molecule has 1 atom stereocenters. The molecule has 4 nitrogen and oxygen atoms in total. The number of carbonyl (C=O) groups excluding carboxylic acids is 2. The quantitative estimate of drug-likeness (QED) is 0.819. The molecule has 1 aromatic carbocycles. The molecule has 0 unspecified atom stereocenters. The second-order valence-corrected chi connectivity index (χ2v) is 6.40. The van der Waals surface area contributed by atoms with E-state index < -0.39 is 5.97 Å². The normalized spacial score (nSPS) is 11.8. The number of amides is 1. The Bertz CT molecular complexity index is 676. The molecule has 23 heavy (non-hydrogen) atoms. The van der Waals surface area contributed by atoms with Gasteiger partial charge in [0.05, 0.1) is 0 Å². The molecule has 0 spiro atoms. The van der Waals surface area contributed by atoms with Gasteiger partial charge in [0.2, 0.25) is 0 Å². The Balaban J connectivity index is 2.02.